The summed E-state index contributed by atoms with van der Waals surface area (Å²) in [5.74, 6) is -0.970. The zero-order valence-electron chi connectivity index (χ0n) is 15.5. The predicted octanol–water partition coefficient (Wildman–Crippen LogP) is 0.812. The molecule has 3 aromatic rings. The van der Waals surface area contributed by atoms with Crippen LogP contribution in [-0.4, -0.2) is 49.3 Å². The number of carbonyl (C=O) groups excluding carboxylic acids is 1. The molecule has 0 unspecified atom stereocenters. The fraction of sp³-hybridized carbons (Fsp3) is 0.105. The average Bonchev–Trinajstić information content (AvgIpc) is 2.67. The summed E-state index contributed by atoms with van der Waals surface area (Å²) in [5, 5.41) is 22.6. The Kier molecular flexibility index (Phi) is 5.54. The summed E-state index contributed by atoms with van der Waals surface area (Å²) in [6.45, 7) is -0.557. The summed E-state index contributed by atoms with van der Waals surface area (Å²) in [5.41, 5.74) is 0.363. The van der Waals surface area contributed by atoms with Crippen LogP contribution in [0.15, 0.2) is 48.5 Å². The lowest BCUT2D eigenvalue weighted by atomic mass is 9.67. The number of para-hydroxylation sites is 1. The van der Waals surface area contributed by atoms with Gasteiger partial charge in [-0.1, -0.05) is 23.9 Å². The number of aliphatic carboxylic acids is 1. The van der Waals surface area contributed by atoms with Crippen LogP contribution in [0.4, 0.5) is 0 Å². The maximum absolute atomic E-state index is 12.3. The maximum Gasteiger partial charge on any atom is 0.322 e. The quantitative estimate of drug-likeness (QED) is 0.550. The second-order valence-electron chi connectivity index (χ2n) is 6.55. The van der Waals surface area contributed by atoms with E-state index >= 15 is 0 Å². The lowest BCUT2D eigenvalue weighted by Gasteiger charge is -2.15. The molecule has 0 bridgehead atoms. The molecular weight excluding hydrogens is 358 g/mol. The molecule has 0 fully saturated rings. The van der Waals surface area contributed by atoms with Crippen LogP contribution >= 0.6 is 0 Å². The fourth-order valence-corrected chi connectivity index (χ4v) is 2.83. The molecule has 3 N–H and O–H groups in total. The summed E-state index contributed by atoms with van der Waals surface area (Å²) in [7, 11) is 3.84. The smallest absolute Gasteiger partial charge is 0.322 e. The number of aromatic hydroxyl groups is 1. The number of aromatic nitrogens is 1. The molecule has 7 nitrogen and oxygen atoms in total. The van der Waals surface area contributed by atoms with E-state index in [4.69, 9.17) is 9.84 Å². The first-order chi connectivity index (χ1) is 13.4. The van der Waals surface area contributed by atoms with Crippen LogP contribution in [0.2, 0.25) is 0 Å². The Bertz CT molecular complexity index is 1040. The highest BCUT2D eigenvalue weighted by molar-refractivity contribution is 6.36. The van der Waals surface area contributed by atoms with Gasteiger partial charge < -0.3 is 20.3 Å². The number of hydrogen-bond acceptors (Lipinski definition) is 5. The van der Waals surface area contributed by atoms with Crippen molar-refractivity contribution in [3.63, 3.8) is 0 Å². The number of rotatable bonds is 6. The van der Waals surface area contributed by atoms with E-state index in [1.165, 1.54) is 0 Å². The van der Waals surface area contributed by atoms with Gasteiger partial charge >= 0.3 is 5.97 Å². The van der Waals surface area contributed by atoms with Crippen molar-refractivity contribution >= 4 is 38.3 Å². The second kappa shape index (κ2) is 8.04. The molecule has 1 heterocycles. The van der Waals surface area contributed by atoms with E-state index in [2.05, 4.69) is 10.3 Å². The number of amides is 1. The molecule has 3 rings (SSSR count). The number of nitrogens with zero attached hydrogens (tertiary/aromatic N) is 1. The number of fused-ring (bicyclic) bond motifs is 1. The molecule has 0 atom stereocenters. The van der Waals surface area contributed by atoms with Gasteiger partial charge in [0, 0.05) is 16.5 Å². The zero-order chi connectivity index (χ0) is 20.3. The van der Waals surface area contributed by atoms with E-state index in [1.54, 1.807) is 18.2 Å². The highest BCUT2D eigenvalue weighted by Gasteiger charge is 2.21. The van der Waals surface area contributed by atoms with E-state index in [1.807, 2.05) is 46.0 Å². The van der Waals surface area contributed by atoms with Crippen LogP contribution in [-0.2, 0) is 4.79 Å². The molecule has 0 aliphatic rings. The molecule has 1 aromatic heterocycles. The first-order valence-electron chi connectivity index (χ1n) is 8.76. The minimum Gasteiger partial charge on any atom is -0.505 e. The Balaban J connectivity index is 2.06. The van der Waals surface area contributed by atoms with Gasteiger partial charge in [0.05, 0.1) is 0 Å². The number of ether oxygens (including phenoxy) is 1. The molecule has 1 amide bonds. The fourth-order valence-electron chi connectivity index (χ4n) is 2.83. The lowest BCUT2D eigenvalue weighted by molar-refractivity contribution is -0.135. The summed E-state index contributed by atoms with van der Waals surface area (Å²) < 4.78 is 5.85. The molecule has 28 heavy (non-hydrogen) atoms. The third-order valence-electron chi connectivity index (χ3n) is 4.12. The first kappa shape index (κ1) is 19.3. The van der Waals surface area contributed by atoms with Gasteiger partial charge in [0.25, 0.3) is 5.91 Å². The number of carboxylic acid groups (broad SMARTS) is 1. The van der Waals surface area contributed by atoms with Gasteiger partial charge in [0.1, 0.15) is 33.7 Å². The Labute approximate surface area is 163 Å². The van der Waals surface area contributed by atoms with Crippen LogP contribution in [0.5, 0.6) is 17.2 Å². The van der Waals surface area contributed by atoms with Crippen molar-refractivity contribution in [1.29, 1.82) is 0 Å². The molecule has 0 saturated carbocycles. The highest BCUT2D eigenvalue weighted by Crippen LogP contribution is 2.35. The van der Waals surface area contributed by atoms with Crippen molar-refractivity contribution in [2.24, 2.45) is 0 Å². The van der Waals surface area contributed by atoms with E-state index in [0.717, 1.165) is 0 Å². The van der Waals surface area contributed by atoms with Gasteiger partial charge in [-0.05, 0) is 30.3 Å². The standard InChI is InChI=1S/C19H18B2N2O5/c20-18(21)15-13-8-11(28-10-4-2-1-3-5-10)6-7-12(13)17(26)16(23-15)19(27)22-9-14(24)25/h1-8,18,26H,9,20-21H2,(H,22,27)(H,24,25). The van der Waals surface area contributed by atoms with E-state index in [-0.39, 0.29) is 17.2 Å². The number of carboxylic acids is 1. The van der Waals surface area contributed by atoms with Gasteiger partial charge in [0.2, 0.25) is 0 Å². The molecule has 9 heteroatoms. The molecular formula is C19H18B2N2O5. The minimum absolute atomic E-state index is 0.0406. The molecule has 140 valence electrons. The third kappa shape index (κ3) is 4.09. The number of pyridine rings is 1. The minimum atomic E-state index is -1.18. The van der Waals surface area contributed by atoms with Crippen LogP contribution in [0.25, 0.3) is 10.8 Å². The SMILES string of the molecule is BC(B)c1nc(C(=O)NCC(=O)O)c(O)c2ccc(Oc3ccccc3)cc12. The molecule has 0 aliphatic heterocycles. The Hall–Kier alpha value is -3.48. The first-order valence-corrected chi connectivity index (χ1v) is 8.76. The summed E-state index contributed by atoms with van der Waals surface area (Å²) in [4.78, 5) is 27.3. The Morgan fingerprint density at radius 3 is 2.43 bits per heavy atom. The summed E-state index contributed by atoms with van der Waals surface area (Å²) in [6, 6.07) is 14.4. The van der Waals surface area contributed by atoms with Crippen molar-refractivity contribution in [3.05, 3.63) is 59.9 Å². The summed E-state index contributed by atoms with van der Waals surface area (Å²) in [6.07, 6.45) is 0. The van der Waals surface area contributed by atoms with Crippen LogP contribution in [0, 0.1) is 0 Å². The van der Waals surface area contributed by atoms with Crippen LogP contribution in [0.1, 0.15) is 21.9 Å². The largest absolute Gasteiger partial charge is 0.505 e. The number of hydrogen-bond donors (Lipinski definition) is 3. The van der Waals surface area contributed by atoms with Crippen LogP contribution in [0.3, 0.4) is 0 Å². The van der Waals surface area contributed by atoms with Gasteiger partial charge in [-0.15, -0.1) is 0 Å². The predicted molar refractivity (Wildman–Crippen MR) is 110 cm³/mol. The maximum atomic E-state index is 12.3. The number of nitrogens with one attached hydrogen (secondary N) is 1. The molecule has 0 aliphatic carbocycles. The van der Waals surface area contributed by atoms with Gasteiger partial charge in [-0.2, -0.15) is 0 Å². The highest BCUT2D eigenvalue weighted by atomic mass is 16.5. The van der Waals surface area contributed by atoms with Crippen molar-refractivity contribution < 1.29 is 24.5 Å². The van der Waals surface area contributed by atoms with Crippen molar-refractivity contribution in [2.45, 2.75) is 5.72 Å². The van der Waals surface area contributed by atoms with E-state index in [0.29, 0.717) is 28.0 Å². The second-order valence-corrected chi connectivity index (χ2v) is 6.55. The lowest BCUT2D eigenvalue weighted by Crippen LogP contribution is -2.30. The zero-order valence-corrected chi connectivity index (χ0v) is 15.5. The van der Waals surface area contributed by atoms with Gasteiger partial charge in [-0.25, -0.2) is 4.98 Å². The normalized spacial score (nSPS) is 10.8. The topological polar surface area (TPSA) is 109 Å². The van der Waals surface area contributed by atoms with Crippen LogP contribution < -0.4 is 10.1 Å². The molecule has 0 spiro atoms. The monoisotopic (exact) mass is 376 g/mol. The molecule has 2 aromatic carbocycles. The Morgan fingerprint density at radius 2 is 1.79 bits per heavy atom. The number of carbonyl (C=O) groups is 2. The number of benzene rings is 2. The van der Waals surface area contributed by atoms with Crippen molar-refractivity contribution in [2.75, 3.05) is 6.54 Å². The average molecular weight is 376 g/mol. The van der Waals surface area contributed by atoms with E-state index in [9.17, 15) is 14.7 Å². The molecule has 0 radical (unpaired) electrons. The van der Waals surface area contributed by atoms with Gasteiger partial charge in [0.15, 0.2) is 11.4 Å². The van der Waals surface area contributed by atoms with Crippen molar-refractivity contribution in [1.82, 2.24) is 10.3 Å². The van der Waals surface area contributed by atoms with Crippen molar-refractivity contribution in [3.8, 4) is 17.2 Å². The van der Waals surface area contributed by atoms with E-state index < -0.39 is 18.4 Å². The Morgan fingerprint density at radius 1 is 1.07 bits per heavy atom. The third-order valence-corrected chi connectivity index (χ3v) is 4.12. The van der Waals surface area contributed by atoms with Gasteiger partial charge in [-0.3, -0.25) is 9.59 Å². The molecule has 0 saturated heterocycles. The summed E-state index contributed by atoms with van der Waals surface area (Å²) >= 11 is 0.